The average molecular weight is 364 g/mol. The lowest BCUT2D eigenvalue weighted by molar-refractivity contribution is -0.132. The van der Waals surface area contributed by atoms with Crippen LogP contribution in [0.5, 0.6) is 0 Å². The van der Waals surface area contributed by atoms with Crippen LogP contribution >= 0.6 is 0 Å². The number of aromatic amines is 1. The minimum absolute atomic E-state index is 0.237. The summed E-state index contributed by atoms with van der Waals surface area (Å²) in [6, 6.07) is 18.6. The van der Waals surface area contributed by atoms with Gasteiger partial charge in [0.2, 0.25) is 5.91 Å². The van der Waals surface area contributed by atoms with Crippen LogP contribution in [-0.2, 0) is 17.8 Å². The monoisotopic (exact) mass is 363 g/mol. The van der Waals surface area contributed by atoms with Gasteiger partial charge in [-0.15, -0.1) is 0 Å². The maximum Gasteiger partial charge on any atom is 0.222 e. The van der Waals surface area contributed by atoms with Gasteiger partial charge in [0.25, 0.3) is 0 Å². The van der Waals surface area contributed by atoms with Gasteiger partial charge in [0.15, 0.2) is 0 Å². The number of nitrogens with one attached hydrogen (secondary N) is 1. The first-order valence-corrected chi connectivity index (χ1v) is 9.65. The zero-order valence-corrected chi connectivity index (χ0v) is 16.3. The minimum atomic E-state index is 0.237. The third kappa shape index (κ3) is 5.44. The van der Waals surface area contributed by atoms with Gasteiger partial charge in [0.1, 0.15) is 0 Å². The Bertz CT molecular complexity index is 854. The lowest BCUT2D eigenvalue weighted by Crippen LogP contribution is -2.36. The Balaban J connectivity index is 1.58. The molecular formula is C23H29N3O. The molecule has 3 aromatic rings. The zero-order chi connectivity index (χ0) is 19.1. The topological polar surface area (TPSA) is 39.3 Å². The van der Waals surface area contributed by atoms with Crippen LogP contribution in [0.2, 0.25) is 0 Å². The summed E-state index contributed by atoms with van der Waals surface area (Å²) < 4.78 is 0. The fourth-order valence-electron chi connectivity index (χ4n) is 3.34. The van der Waals surface area contributed by atoms with E-state index in [0.29, 0.717) is 13.0 Å². The fourth-order valence-corrected chi connectivity index (χ4v) is 3.34. The number of fused-ring (bicyclic) bond motifs is 1. The van der Waals surface area contributed by atoms with Gasteiger partial charge in [-0.25, -0.2) is 0 Å². The van der Waals surface area contributed by atoms with Crippen LogP contribution in [0.4, 0.5) is 0 Å². The molecule has 0 saturated carbocycles. The van der Waals surface area contributed by atoms with E-state index in [2.05, 4.69) is 46.4 Å². The van der Waals surface area contributed by atoms with Crippen molar-refractivity contribution in [3.05, 3.63) is 71.9 Å². The van der Waals surface area contributed by atoms with Gasteiger partial charge < -0.3 is 14.8 Å². The first-order chi connectivity index (χ1) is 13.1. The Labute approximate surface area is 161 Å². The van der Waals surface area contributed by atoms with E-state index >= 15 is 0 Å². The standard InChI is InChI=1S/C23H29N3O/c1-25(2)15-16-26(18-19-9-4-3-5-10-19)23(27)14-8-11-20-17-24-22-13-7-6-12-21(20)22/h3-7,9-10,12-13,17,24H,8,11,14-16,18H2,1-2H3. The molecule has 0 bridgehead atoms. The summed E-state index contributed by atoms with van der Waals surface area (Å²) in [7, 11) is 4.09. The zero-order valence-electron chi connectivity index (χ0n) is 16.3. The molecule has 0 saturated heterocycles. The summed E-state index contributed by atoms with van der Waals surface area (Å²) in [6.45, 7) is 2.31. The fraction of sp³-hybridized carbons (Fsp3) is 0.348. The quantitative estimate of drug-likeness (QED) is 0.622. The van der Waals surface area contributed by atoms with Gasteiger partial charge in [0, 0.05) is 43.2 Å². The third-order valence-corrected chi connectivity index (χ3v) is 4.90. The summed E-state index contributed by atoms with van der Waals surface area (Å²) in [5.74, 6) is 0.237. The van der Waals surface area contributed by atoms with E-state index in [1.807, 2.05) is 43.3 Å². The molecule has 0 unspecified atom stereocenters. The Morgan fingerprint density at radius 2 is 1.70 bits per heavy atom. The highest BCUT2D eigenvalue weighted by Gasteiger charge is 2.14. The number of hydrogen-bond donors (Lipinski definition) is 1. The van der Waals surface area contributed by atoms with E-state index in [1.54, 1.807) is 0 Å². The Kier molecular flexibility index (Phi) is 6.66. The number of para-hydroxylation sites is 1. The first kappa shape index (κ1) is 19.2. The molecule has 0 aliphatic carbocycles. The molecule has 3 rings (SSSR count). The molecule has 0 aliphatic heterocycles. The second-order valence-electron chi connectivity index (χ2n) is 7.32. The Morgan fingerprint density at radius 1 is 0.963 bits per heavy atom. The van der Waals surface area contributed by atoms with Crippen molar-refractivity contribution in [1.29, 1.82) is 0 Å². The molecule has 0 spiro atoms. The van der Waals surface area contributed by atoms with Gasteiger partial charge >= 0.3 is 0 Å². The SMILES string of the molecule is CN(C)CCN(Cc1ccccc1)C(=O)CCCc1c[nH]c2ccccc12. The second kappa shape index (κ2) is 9.38. The second-order valence-corrected chi connectivity index (χ2v) is 7.32. The summed E-state index contributed by atoms with van der Waals surface area (Å²) in [5, 5.41) is 1.26. The minimum Gasteiger partial charge on any atom is -0.361 e. The number of nitrogens with zero attached hydrogens (tertiary/aromatic N) is 2. The van der Waals surface area contributed by atoms with E-state index in [9.17, 15) is 4.79 Å². The molecule has 1 aromatic heterocycles. The third-order valence-electron chi connectivity index (χ3n) is 4.90. The Hall–Kier alpha value is -2.59. The highest BCUT2D eigenvalue weighted by molar-refractivity contribution is 5.83. The van der Waals surface area contributed by atoms with Crippen molar-refractivity contribution < 1.29 is 4.79 Å². The van der Waals surface area contributed by atoms with Crippen molar-refractivity contribution in [2.75, 3.05) is 27.2 Å². The molecule has 0 aliphatic rings. The molecular weight excluding hydrogens is 334 g/mol. The molecule has 142 valence electrons. The maximum atomic E-state index is 12.9. The number of rotatable bonds is 9. The smallest absolute Gasteiger partial charge is 0.222 e. The molecule has 0 atom stereocenters. The van der Waals surface area contributed by atoms with Gasteiger partial charge in [0.05, 0.1) is 0 Å². The average Bonchev–Trinajstić information content (AvgIpc) is 3.09. The number of likely N-dealkylation sites (N-methyl/N-ethyl adjacent to an activating group) is 1. The number of carbonyl (C=O) groups excluding carboxylic acids is 1. The summed E-state index contributed by atoms with van der Waals surface area (Å²) >= 11 is 0. The van der Waals surface area contributed by atoms with Crippen molar-refractivity contribution in [2.45, 2.75) is 25.8 Å². The van der Waals surface area contributed by atoms with Crippen LogP contribution in [0.25, 0.3) is 10.9 Å². The number of aromatic nitrogens is 1. The van der Waals surface area contributed by atoms with Gasteiger partial charge in [-0.05, 0) is 44.1 Å². The van der Waals surface area contributed by atoms with E-state index in [4.69, 9.17) is 0 Å². The molecule has 1 heterocycles. The van der Waals surface area contributed by atoms with Crippen LogP contribution in [0.15, 0.2) is 60.8 Å². The van der Waals surface area contributed by atoms with Crippen molar-refractivity contribution in [2.24, 2.45) is 0 Å². The van der Waals surface area contributed by atoms with Gasteiger partial charge in [-0.3, -0.25) is 4.79 Å². The maximum absolute atomic E-state index is 12.9. The lowest BCUT2D eigenvalue weighted by atomic mass is 10.1. The van der Waals surface area contributed by atoms with Crippen LogP contribution in [-0.4, -0.2) is 47.9 Å². The number of benzene rings is 2. The van der Waals surface area contributed by atoms with Gasteiger partial charge in [-0.1, -0.05) is 48.5 Å². The molecule has 0 fully saturated rings. The molecule has 4 nitrogen and oxygen atoms in total. The highest BCUT2D eigenvalue weighted by atomic mass is 16.2. The molecule has 2 aromatic carbocycles. The van der Waals surface area contributed by atoms with Crippen LogP contribution in [0, 0.1) is 0 Å². The highest BCUT2D eigenvalue weighted by Crippen LogP contribution is 2.19. The number of amides is 1. The number of aryl methyl sites for hydroxylation is 1. The van der Waals surface area contributed by atoms with Crippen LogP contribution < -0.4 is 0 Å². The predicted octanol–water partition coefficient (Wildman–Crippen LogP) is 4.08. The molecule has 27 heavy (non-hydrogen) atoms. The normalized spacial score (nSPS) is 11.2. The number of hydrogen-bond acceptors (Lipinski definition) is 2. The molecule has 0 radical (unpaired) electrons. The largest absolute Gasteiger partial charge is 0.361 e. The van der Waals surface area contributed by atoms with E-state index in [-0.39, 0.29) is 5.91 Å². The lowest BCUT2D eigenvalue weighted by Gasteiger charge is -2.24. The first-order valence-electron chi connectivity index (χ1n) is 9.65. The Morgan fingerprint density at radius 3 is 2.48 bits per heavy atom. The van der Waals surface area contributed by atoms with Crippen molar-refractivity contribution >= 4 is 16.8 Å². The number of H-pyrrole nitrogens is 1. The van der Waals surface area contributed by atoms with Crippen molar-refractivity contribution in [3.63, 3.8) is 0 Å². The van der Waals surface area contributed by atoms with Gasteiger partial charge in [-0.2, -0.15) is 0 Å². The molecule has 1 N–H and O–H groups in total. The molecule has 4 heteroatoms. The van der Waals surface area contributed by atoms with Crippen LogP contribution in [0.3, 0.4) is 0 Å². The van der Waals surface area contributed by atoms with E-state index in [0.717, 1.165) is 31.4 Å². The number of carbonyl (C=O) groups is 1. The van der Waals surface area contributed by atoms with E-state index in [1.165, 1.54) is 16.5 Å². The van der Waals surface area contributed by atoms with Crippen LogP contribution in [0.1, 0.15) is 24.0 Å². The summed E-state index contributed by atoms with van der Waals surface area (Å²) in [4.78, 5) is 20.3. The predicted molar refractivity (Wildman–Crippen MR) is 112 cm³/mol. The summed E-state index contributed by atoms with van der Waals surface area (Å²) in [5.41, 5.74) is 3.64. The van der Waals surface area contributed by atoms with Crippen molar-refractivity contribution in [1.82, 2.24) is 14.8 Å². The summed E-state index contributed by atoms with van der Waals surface area (Å²) in [6.07, 6.45) is 4.44. The van der Waals surface area contributed by atoms with E-state index < -0.39 is 0 Å². The molecule has 1 amide bonds. The van der Waals surface area contributed by atoms with Crippen molar-refractivity contribution in [3.8, 4) is 0 Å².